The van der Waals surface area contributed by atoms with Crippen LogP contribution in [-0.2, 0) is 0 Å². The van der Waals surface area contributed by atoms with E-state index in [1.807, 2.05) is 13.8 Å². The van der Waals surface area contributed by atoms with Gasteiger partial charge < -0.3 is 10.4 Å². The lowest BCUT2D eigenvalue weighted by Gasteiger charge is -2.26. The molecule has 0 heterocycles. The Balaban J connectivity index is 2.09. The van der Waals surface area contributed by atoms with Crippen LogP contribution in [0.15, 0.2) is 18.2 Å². The molecule has 1 aromatic carbocycles. The number of benzene rings is 1. The van der Waals surface area contributed by atoms with Crippen molar-refractivity contribution in [1.82, 2.24) is 5.32 Å². The lowest BCUT2D eigenvalue weighted by Crippen LogP contribution is -2.45. The molecule has 1 aliphatic carbocycles. The van der Waals surface area contributed by atoms with Crippen LogP contribution in [-0.4, -0.2) is 23.2 Å². The monoisotopic (exact) mass is 289 g/mol. The van der Waals surface area contributed by atoms with Gasteiger partial charge in [0.2, 0.25) is 0 Å². The Kier molecular flexibility index (Phi) is 4.64. The third kappa shape index (κ3) is 4.05. The first-order chi connectivity index (χ1) is 9.94. The Morgan fingerprint density at radius 1 is 1.48 bits per heavy atom. The lowest BCUT2D eigenvalue weighted by atomic mass is 9.98. The molecule has 21 heavy (non-hydrogen) atoms. The van der Waals surface area contributed by atoms with Crippen LogP contribution in [0.1, 0.15) is 49.0 Å². The molecule has 0 aromatic heterocycles. The summed E-state index contributed by atoms with van der Waals surface area (Å²) in [4.78, 5) is 12.2. The molecule has 0 aliphatic heterocycles. The number of nitrogens with one attached hydrogen (secondary N) is 1. The van der Waals surface area contributed by atoms with E-state index in [9.17, 15) is 9.18 Å². The quantitative estimate of drug-likeness (QED) is 0.837. The summed E-state index contributed by atoms with van der Waals surface area (Å²) >= 11 is 0. The lowest BCUT2D eigenvalue weighted by molar-refractivity contribution is 0.0903. The first kappa shape index (κ1) is 15.5. The van der Waals surface area contributed by atoms with Gasteiger partial charge in [0, 0.05) is 17.5 Å². The van der Waals surface area contributed by atoms with Crippen LogP contribution in [0.3, 0.4) is 0 Å². The van der Waals surface area contributed by atoms with E-state index in [1.54, 1.807) is 6.07 Å². The average molecular weight is 289 g/mol. The maximum Gasteiger partial charge on any atom is 0.251 e. The second kappa shape index (κ2) is 6.28. The summed E-state index contributed by atoms with van der Waals surface area (Å²) in [5.41, 5.74) is 0.281. The second-order valence-electron chi connectivity index (χ2n) is 5.92. The van der Waals surface area contributed by atoms with Gasteiger partial charge >= 0.3 is 0 Å². The first-order valence-electron chi connectivity index (χ1n) is 7.16. The van der Waals surface area contributed by atoms with E-state index in [0.29, 0.717) is 17.9 Å². The number of aliphatic hydroxyl groups excluding tert-OH is 1. The van der Waals surface area contributed by atoms with Crippen LogP contribution < -0.4 is 5.32 Å². The van der Waals surface area contributed by atoms with Crippen LogP contribution >= 0.6 is 0 Å². The highest BCUT2D eigenvalue weighted by atomic mass is 19.1. The van der Waals surface area contributed by atoms with Crippen molar-refractivity contribution in [3.8, 4) is 11.8 Å². The van der Waals surface area contributed by atoms with Crippen LogP contribution in [0.2, 0.25) is 0 Å². The maximum absolute atomic E-state index is 13.9. The molecule has 112 valence electrons. The van der Waals surface area contributed by atoms with Gasteiger partial charge in [0.05, 0.1) is 12.2 Å². The molecule has 1 amide bonds. The third-order valence-electron chi connectivity index (χ3n) is 3.72. The Labute approximate surface area is 124 Å². The maximum atomic E-state index is 13.9. The minimum Gasteiger partial charge on any atom is -0.395 e. The van der Waals surface area contributed by atoms with E-state index in [0.717, 1.165) is 12.8 Å². The molecule has 0 spiro atoms. The van der Waals surface area contributed by atoms with Crippen molar-refractivity contribution in [3.63, 3.8) is 0 Å². The van der Waals surface area contributed by atoms with Gasteiger partial charge in [0.1, 0.15) is 5.82 Å². The van der Waals surface area contributed by atoms with Crippen LogP contribution in [0, 0.1) is 23.6 Å². The first-order valence-corrected chi connectivity index (χ1v) is 7.16. The van der Waals surface area contributed by atoms with Gasteiger partial charge in [-0.3, -0.25) is 4.79 Å². The fraction of sp³-hybridized carbons (Fsp3) is 0.471. The number of amides is 1. The summed E-state index contributed by atoms with van der Waals surface area (Å²) in [6, 6.07) is 4.28. The van der Waals surface area contributed by atoms with Crippen molar-refractivity contribution in [2.45, 2.75) is 38.6 Å². The van der Waals surface area contributed by atoms with Crippen molar-refractivity contribution >= 4 is 5.91 Å². The standard InChI is InChI=1S/C17H20FNO2/c1-17(2,14-8-9-14)19-16(21)13-7-6-12(15(18)11-13)5-3-4-10-20/h6-7,11,14,20H,4,8-10H2,1-2H3,(H,19,21). The molecule has 2 N–H and O–H groups in total. The van der Waals surface area contributed by atoms with Crippen molar-refractivity contribution in [3.05, 3.63) is 35.1 Å². The van der Waals surface area contributed by atoms with E-state index in [2.05, 4.69) is 17.2 Å². The van der Waals surface area contributed by atoms with Crippen molar-refractivity contribution < 1.29 is 14.3 Å². The number of aliphatic hydroxyl groups is 1. The van der Waals surface area contributed by atoms with E-state index < -0.39 is 5.82 Å². The van der Waals surface area contributed by atoms with Gasteiger partial charge in [-0.2, -0.15) is 0 Å². The molecule has 0 bridgehead atoms. The second-order valence-corrected chi connectivity index (χ2v) is 5.92. The number of halogens is 1. The van der Waals surface area contributed by atoms with Crippen molar-refractivity contribution in [1.29, 1.82) is 0 Å². The number of carbonyl (C=O) groups is 1. The number of carbonyl (C=O) groups excluding carboxylic acids is 1. The molecule has 0 saturated heterocycles. The topological polar surface area (TPSA) is 49.3 Å². The Morgan fingerprint density at radius 2 is 2.19 bits per heavy atom. The number of hydrogen-bond acceptors (Lipinski definition) is 2. The summed E-state index contributed by atoms with van der Waals surface area (Å²) < 4.78 is 13.9. The zero-order valence-corrected chi connectivity index (χ0v) is 12.4. The zero-order chi connectivity index (χ0) is 15.5. The molecule has 3 nitrogen and oxygen atoms in total. The Morgan fingerprint density at radius 3 is 2.76 bits per heavy atom. The molecule has 4 heteroatoms. The summed E-state index contributed by atoms with van der Waals surface area (Å²) in [5.74, 6) is 5.03. The van der Waals surface area contributed by atoms with Gasteiger partial charge in [-0.05, 0) is 50.8 Å². The predicted molar refractivity (Wildman–Crippen MR) is 79.3 cm³/mol. The van der Waals surface area contributed by atoms with Gasteiger partial charge in [-0.15, -0.1) is 0 Å². The smallest absolute Gasteiger partial charge is 0.251 e. The highest BCUT2D eigenvalue weighted by Crippen LogP contribution is 2.39. The van der Waals surface area contributed by atoms with Crippen molar-refractivity contribution in [2.75, 3.05) is 6.61 Å². The van der Waals surface area contributed by atoms with E-state index in [-0.39, 0.29) is 23.6 Å². The summed E-state index contributed by atoms with van der Waals surface area (Å²) in [6.07, 6.45) is 2.55. The summed E-state index contributed by atoms with van der Waals surface area (Å²) in [6.45, 7) is 3.94. The minimum atomic E-state index is -0.516. The molecule has 1 aliphatic rings. The molecule has 0 atom stereocenters. The normalized spacial score (nSPS) is 14.3. The Bertz CT molecular complexity index is 595. The van der Waals surface area contributed by atoms with E-state index in [4.69, 9.17) is 5.11 Å². The highest BCUT2D eigenvalue weighted by Gasteiger charge is 2.38. The van der Waals surface area contributed by atoms with Crippen LogP contribution in [0.25, 0.3) is 0 Å². The SMILES string of the molecule is CC(C)(NC(=O)c1ccc(C#CCCO)c(F)c1)C1CC1. The van der Waals surface area contributed by atoms with Gasteiger partial charge in [-0.25, -0.2) is 4.39 Å². The third-order valence-corrected chi connectivity index (χ3v) is 3.72. The van der Waals surface area contributed by atoms with Gasteiger partial charge in [-0.1, -0.05) is 11.8 Å². The average Bonchev–Trinajstić information content (AvgIpc) is 3.25. The van der Waals surface area contributed by atoms with Gasteiger partial charge in [0.15, 0.2) is 0 Å². The van der Waals surface area contributed by atoms with Crippen molar-refractivity contribution in [2.24, 2.45) is 5.92 Å². The molecule has 0 unspecified atom stereocenters. The highest BCUT2D eigenvalue weighted by molar-refractivity contribution is 5.94. The van der Waals surface area contributed by atoms with E-state index in [1.165, 1.54) is 12.1 Å². The largest absolute Gasteiger partial charge is 0.395 e. The zero-order valence-electron chi connectivity index (χ0n) is 12.4. The predicted octanol–water partition coefficient (Wildman–Crippen LogP) is 2.48. The Hall–Kier alpha value is -1.86. The summed E-state index contributed by atoms with van der Waals surface area (Å²) in [7, 11) is 0. The minimum absolute atomic E-state index is 0.0502. The fourth-order valence-corrected chi connectivity index (χ4v) is 2.24. The number of rotatable bonds is 4. The number of hydrogen-bond donors (Lipinski definition) is 2. The molecule has 2 rings (SSSR count). The fourth-order valence-electron chi connectivity index (χ4n) is 2.24. The molecular formula is C17H20FNO2. The molecule has 1 saturated carbocycles. The molecule has 0 radical (unpaired) electrons. The van der Waals surface area contributed by atoms with Gasteiger partial charge in [0.25, 0.3) is 5.91 Å². The van der Waals surface area contributed by atoms with E-state index >= 15 is 0 Å². The summed E-state index contributed by atoms with van der Waals surface area (Å²) in [5, 5.41) is 11.6. The molecular weight excluding hydrogens is 269 g/mol. The van der Waals surface area contributed by atoms with Crippen LogP contribution in [0.5, 0.6) is 0 Å². The van der Waals surface area contributed by atoms with Crippen LogP contribution in [0.4, 0.5) is 4.39 Å². The molecule has 1 fully saturated rings. The molecule has 1 aromatic rings.